The van der Waals surface area contributed by atoms with Crippen LogP contribution in [0.1, 0.15) is 45.1 Å². The van der Waals surface area contributed by atoms with Crippen LogP contribution in [0.5, 0.6) is 0 Å². The quantitative estimate of drug-likeness (QED) is 0.783. The Labute approximate surface area is 114 Å². The minimum atomic E-state index is -0.383. The summed E-state index contributed by atoms with van der Waals surface area (Å²) in [6.45, 7) is 5.10. The summed E-state index contributed by atoms with van der Waals surface area (Å²) < 4.78 is 12.9. The molecule has 0 aliphatic heterocycles. The first-order valence-corrected chi connectivity index (χ1v) is 7.09. The van der Waals surface area contributed by atoms with Crippen LogP contribution in [0.15, 0.2) is 24.3 Å². The lowest BCUT2D eigenvalue weighted by molar-refractivity contribution is -0.123. The molecule has 1 aromatic rings. The highest BCUT2D eigenvalue weighted by Gasteiger charge is 2.50. The molecule has 0 radical (unpaired) electrons. The Hall–Kier alpha value is -1.38. The molecule has 1 amide bonds. The van der Waals surface area contributed by atoms with Gasteiger partial charge in [-0.25, -0.2) is 4.39 Å². The van der Waals surface area contributed by atoms with Gasteiger partial charge in [-0.1, -0.05) is 26.0 Å². The van der Waals surface area contributed by atoms with E-state index in [0.717, 1.165) is 37.8 Å². The molecule has 0 spiro atoms. The van der Waals surface area contributed by atoms with E-state index in [1.165, 1.54) is 12.1 Å². The van der Waals surface area contributed by atoms with Crippen LogP contribution in [-0.4, -0.2) is 12.5 Å². The Morgan fingerprint density at radius 2 is 1.95 bits per heavy atom. The van der Waals surface area contributed by atoms with Gasteiger partial charge < -0.3 is 5.32 Å². The monoisotopic (exact) mass is 263 g/mol. The van der Waals surface area contributed by atoms with Gasteiger partial charge in [0.1, 0.15) is 5.82 Å². The van der Waals surface area contributed by atoms with Crippen molar-refractivity contribution in [1.29, 1.82) is 0 Å². The average molecular weight is 263 g/mol. The zero-order valence-corrected chi connectivity index (χ0v) is 11.7. The van der Waals surface area contributed by atoms with Crippen molar-refractivity contribution in [2.75, 3.05) is 6.54 Å². The zero-order valence-electron chi connectivity index (χ0n) is 11.7. The van der Waals surface area contributed by atoms with Crippen molar-refractivity contribution in [2.24, 2.45) is 5.92 Å². The topological polar surface area (TPSA) is 29.1 Å². The van der Waals surface area contributed by atoms with E-state index in [9.17, 15) is 9.18 Å². The van der Waals surface area contributed by atoms with Crippen LogP contribution in [0, 0.1) is 11.7 Å². The van der Waals surface area contributed by atoms with Crippen LogP contribution in [0.2, 0.25) is 0 Å². The van der Waals surface area contributed by atoms with Gasteiger partial charge in [-0.2, -0.15) is 0 Å². The largest absolute Gasteiger partial charge is 0.355 e. The minimum Gasteiger partial charge on any atom is -0.355 e. The molecule has 0 heterocycles. The van der Waals surface area contributed by atoms with Gasteiger partial charge in [0.25, 0.3) is 0 Å². The van der Waals surface area contributed by atoms with E-state index < -0.39 is 0 Å². The predicted octanol–water partition coefficient (Wildman–Crippen LogP) is 3.41. The number of carbonyl (C=O) groups is 1. The molecule has 0 bridgehead atoms. The standard InChI is InChI=1S/C16H22FNO/c1-12(2)4-3-11-18-15(19)16(9-10-16)13-5-7-14(17)8-6-13/h5-8,12H,3-4,9-11H2,1-2H3,(H,18,19). The lowest BCUT2D eigenvalue weighted by atomic mass is 9.95. The Bertz CT molecular complexity index is 435. The number of halogens is 1. The van der Waals surface area contributed by atoms with Crippen LogP contribution in [0.25, 0.3) is 0 Å². The normalized spacial score (nSPS) is 16.4. The Morgan fingerprint density at radius 1 is 1.32 bits per heavy atom. The molecule has 1 aliphatic carbocycles. The molecular weight excluding hydrogens is 241 g/mol. The van der Waals surface area contributed by atoms with Crippen molar-refractivity contribution in [1.82, 2.24) is 5.32 Å². The Balaban J connectivity index is 1.89. The summed E-state index contributed by atoms with van der Waals surface area (Å²) in [6.07, 6.45) is 3.88. The third-order valence-electron chi connectivity index (χ3n) is 3.83. The van der Waals surface area contributed by atoms with E-state index in [4.69, 9.17) is 0 Å². The summed E-state index contributed by atoms with van der Waals surface area (Å²) in [5.41, 5.74) is 0.557. The fraction of sp³-hybridized carbons (Fsp3) is 0.562. The van der Waals surface area contributed by atoms with Gasteiger partial charge in [-0.15, -0.1) is 0 Å². The number of amides is 1. The van der Waals surface area contributed by atoms with E-state index >= 15 is 0 Å². The summed E-state index contributed by atoms with van der Waals surface area (Å²) in [4.78, 5) is 12.3. The molecule has 1 aromatic carbocycles. The van der Waals surface area contributed by atoms with Crippen molar-refractivity contribution in [2.45, 2.75) is 44.9 Å². The van der Waals surface area contributed by atoms with Gasteiger partial charge >= 0.3 is 0 Å². The minimum absolute atomic E-state index is 0.0999. The number of nitrogens with one attached hydrogen (secondary N) is 1. The zero-order chi connectivity index (χ0) is 13.9. The summed E-state index contributed by atoms with van der Waals surface area (Å²) in [5, 5.41) is 3.02. The maximum absolute atomic E-state index is 12.9. The number of hydrogen-bond acceptors (Lipinski definition) is 1. The first kappa shape index (κ1) is 14.0. The summed E-state index contributed by atoms with van der Waals surface area (Å²) >= 11 is 0. The second-order valence-corrected chi connectivity index (χ2v) is 5.88. The molecule has 1 saturated carbocycles. The predicted molar refractivity (Wildman–Crippen MR) is 74.4 cm³/mol. The molecule has 1 aliphatic rings. The van der Waals surface area contributed by atoms with Crippen molar-refractivity contribution in [3.63, 3.8) is 0 Å². The van der Waals surface area contributed by atoms with Crippen LogP contribution in [0.4, 0.5) is 4.39 Å². The molecule has 1 N–H and O–H groups in total. The molecule has 2 rings (SSSR count). The molecule has 0 saturated heterocycles. The maximum Gasteiger partial charge on any atom is 0.230 e. The third kappa shape index (κ3) is 3.34. The van der Waals surface area contributed by atoms with Crippen molar-refractivity contribution >= 4 is 5.91 Å². The van der Waals surface area contributed by atoms with Crippen molar-refractivity contribution in [3.8, 4) is 0 Å². The third-order valence-corrected chi connectivity index (χ3v) is 3.83. The summed E-state index contributed by atoms with van der Waals surface area (Å²) in [5.74, 6) is 0.517. The van der Waals surface area contributed by atoms with E-state index in [1.54, 1.807) is 12.1 Å². The number of hydrogen-bond donors (Lipinski definition) is 1. The Morgan fingerprint density at radius 3 is 2.47 bits per heavy atom. The first-order valence-electron chi connectivity index (χ1n) is 7.09. The summed E-state index contributed by atoms with van der Waals surface area (Å²) in [6, 6.07) is 6.33. The fourth-order valence-corrected chi connectivity index (χ4v) is 2.42. The second-order valence-electron chi connectivity index (χ2n) is 5.88. The van der Waals surface area contributed by atoms with Gasteiger partial charge in [0.05, 0.1) is 5.41 Å². The van der Waals surface area contributed by atoms with Crippen molar-refractivity contribution in [3.05, 3.63) is 35.6 Å². The van der Waals surface area contributed by atoms with Crippen LogP contribution >= 0.6 is 0 Å². The molecule has 1 fully saturated rings. The molecule has 0 aromatic heterocycles. The molecular formula is C16H22FNO. The highest BCUT2D eigenvalue weighted by Crippen LogP contribution is 2.48. The number of carbonyl (C=O) groups excluding carboxylic acids is 1. The lowest BCUT2D eigenvalue weighted by Gasteiger charge is -2.16. The Kier molecular flexibility index (Phi) is 4.23. The highest BCUT2D eigenvalue weighted by molar-refractivity contribution is 5.91. The smallest absolute Gasteiger partial charge is 0.230 e. The molecule has 3 heteroatoms. The summed E-state index contributed by atoms with van der Waals surface area (Å²) in [7, 11) is 0. The molecule has 2 nitrogen and oxygen atoms in total. The van der Waals surface area contributed by atoms with E-state index in [0.29, 0.717) is 5.92 Å². The molecule has 0 atom stereocenters. The number of benzene rings is 1. The maximum atomic E-state index is 12.9. The SMILES string of the molecule is CC(C)CCCNC(=O)C1(c2ccc(F)cc2)CC1. The molecule has 0 unspecified atom stereocenters. The first-order chi connectivity index (χ1) is 9.04. The van der Waals surface area contributed by atoms with Crippen LogP contribution in [0.3, 0.4) is 0 Å². The van der Waals surface area contributed by atoms with Gasteiger partial charge in [0.2, 0.25) is 5.91 Å². The van der Waals surface area contributed by atoms with E-state index in [1.807, 2.05) is 0 Å². The number of rotatable bonds is 6. The highest BCUT2D eigenvalue weighted by atomic mass is 19.1. The average Bonchev–Trinajstić information content (AvgIpc) is 3.16. The van der Waals surface area contributed by atoms with Crippen LogP contribution < -0.4 is 5.32 Å². The van der Waals surface area contributed by atoms with Gasteiger partial charge in [-0.05, 0) is 49.3 Å². The second kappa shape index (κ2) is 5.72. The van der Waals surface area contributed by atoms with Gasteiger partial charge in [-0.3, -0.25) is 4.79 Å². The molecule has 19 heavy (non-hydrogen) atoms. The van der Waals surface area contributed by atoms with E-state index in [2.05, 4.69) is 19.2 Å². The fourth-order valence-electron chi connectivity index (χ4n) is 2.42. The van der Waals surface area contributed by atoms with Gasteiger partial charge in [0.15, 0.2) is 0 Å². The lowest BCUT2D eigenvalue weighted by Crippen LogP contribution is -2.35. The van der Waals surface area contributed by atoms with Gasteiger partial charge in [0, 0.05) is 6.54 Å². The van der Waals surface area contributed by atoms with Crippen LogP contribution in [-0.2, 0) is 10.2 Å². The van der Waals surface area contributed by atoms with Crippen molar-refractivity contribution < 1.29 is 9.18 Å². The molecule has 104 valence electrons. The van der Waals surface area contributed by atoms with E-state index in [-0.39, 0.29) is 17.1 Å².